The molecule has 0 saturated carbocycles. The fourth-order valence-electron chi connectivity index (χ4n) is 2.08. The predicted octanol–water partition coefficient (Wildman–Crippen LogP) is 0.964. The van der Waals surface area contributed by atoms with E-state index in [1.54, 1.807) is 0 Å². The number of carboxylic acid groups (broad SMARTS) is 1. The quantitative estimate of drug-likeness (QED) is 0.708. The van der Waals surface area contributed by atoms with E-state index in [0.29, 0.717) is 13.2 Å². The molecule has 90 valence electrons. The molecule has 2 unspecified atom stereocenters. The Bertz CT molecular complexity index is 272. The molecule has 0 amide bonds. The molecule has 1 aliphatic rings. The van der Waals surface area contributed by atoms with Gasteiger partial charge in [-0.2, -0.15) is 0 Å². The van der Waals surface area contributed by atoms with E-state index in [4.69, 9.17) is 16.3 Å². The summed E-state index contributed by atoms with van der Waals surface area (Å²) in [5.74, 6) is 1.70. The molecule has 1 saturated heterocycles. The van der Waals surface area contributed by atoms with Crippen LogP contribution < -0.4 is 0 Å². The van der Waals surface area contributed by atoms with Crippen molar-refractivity contribution in [1.29, 1.82) is 0 Å². The largest absolute Gasteiger partial charge is 0.480 e. The third kappa shape index (κ3) is 3.84. The normalized spacial score (nSPS) is 25.3. The standard InChI is InChI=1S/C12H19NO3/c1-3-6-13(9-12(14)15)10-5-7-16-11(4-2)8-10/h1,10-11H,4-9H2,2H3,(H,14,15). The summed E-state index contributed by atoms with van der Waals surface area (Å²) in [6.45, 7) is 3.19. The van der Waals surface area contributed by atoms with Crippen molar-refractivity contribution in [2.75, 3.05) is 19.7 Å². The van der Waals surface area contributed by atoms with E-state index in [2.05, 4.69) is 12.8 Å². The highest BCUT2D eigenvalue weighted by Crippen LogP contribution is 2.20. The van der Waals surface area contributed by atoms with Crippen LogP contribution in [0.1, 0.15) is 26.2 Å². The second-order valence-electron chi connectivity index (χ2n) is 4.08. The maximum Gasteiger partial charge on any atom is 0.317 e. The summed E-state index contributed by atoms with van der Waals surface area (Å²) in [7, 11) is 0. The molecule has 16 heavy (non-hydrogen) atoms. The van der Waals surface area contributed by atoms with Gasteiger partial charge in [0.1, 0.15) is 0 Å². The number of ether oxygens (including phenoxy) is 1. The molecular formula is C12H19NO3. The Labute approximate surface area is 96.6 Å². The number of rotatable bonds is 5. The Morgan fingerprint density at radius 2 is 2.44 bits per heavy atom. The van der Waals surface area contributed by atoms with Gasteiger partial charge in [-0.1, -0.05) is 12.8 Å². The van der Waals surface area contributed by atoms with Crippen molar-refractivity contribution in [3.8, 4) is 12.3 Å². The van der Waals surface area contributed by atoms with Crippen LogP contribution >= 0.6 is 0 Å². The summed E-state index contributed by atoms with van der Waals surface area (Å²) < 4.78 is 5.56. The Morgan fingerprint density at radius 3 is 3.00 bits per heavy atom. The first kappa shape index (κ1) is 13.0. The summed E-state index contributed by atoms with van der Waals surface area (Å²) in [5.41, 5.74) is 0. The number of terminal acetylenes is 1. The van der Waals surface area contributed by atoms with E-state index in [1.807, 2.05) is 4.90 Å². The highest BCUT2D eigenvalue weighted by atomic mass is 16.5. The average molecular weight is 225 g/mol. The van der Waals surface area contributed by atoms with Crippen LogP contribution in [0.3, 0.4) is 0 Å². The van der Waals surface area contributed by atoms with Crippen molar-refractivity contribution in [2.45, 2.75) is 38.3 Å². The molecule has 2 atom stereocenters. The van der Waals surface area contributed by atoms with Gasteiger partial charge in [0.2, 0.25) is 0 Å². The van der Waals surface area contributed by atoms with E-state index >= 15 is 0 Å². The topological polar surface area (TPSA) is 49.8 Å². The smallest absolute Gasteiger partial charge is 0.317 e. The Balaban J connectivity index is 2.55. The second-order valence-corrected chi connectivity index (χ2v) is 4.08. The summed E-state index contributed by atoms with van der Waals surface area (Å²) in [6, 6.07) is 0.242. The van der Waals surface area contributed by atoms with Crippen LogP contribution in [0, 0.1) is 12.3 Å². The molecule has 4 heteroatoms. The molecule has 1 rings (SSSR count). The third-order valence-corrected chi connectivity index (χ3v) is 2.94. The lowest BCUT2D eigenvalue weighted by atomic mass is 10.00. The average Bonchev–Trinajstić information content (AvgIpc) is 2.28. The molecular weight excluding hydrogens is 206 g/mol. The van der Waals surface area contributed by atoms with Gasteiger partial charge >= 0.3 is 5.97 Å². The van der Waals surface area contributed by atoms with Gasteiger partial charge in [0.25, 0.3) is 0 Å². The van der Waals surface area contributed by atoms with Gasteiger partial charge < -0.3 is 9.84 Å². The van der Waals surface area contributed by atoms with Gasteiger partial charge in [-0.25, -0.2) is 0 Å². The molecule has 1 fully saturated rings. The first-order valence-electron chi connectivity index (χ1n) is 5.68. The number of carboxylic acids is 1. The lowest BCUT2D eigenvalue weighted by Gasteiger charge is -2.35. The Kier molecular flexibility index (Phi) is 5.30. The third-order valence-electron chi connectivity index (χ3n) is 2.94. The van der Waals surface area contributed by atoms with Crippen LogP contribution in [0.5, 0.6) is 0 Å². The molecule has 0 spiro atoms. The monoisotopic (exact) mass is 225 g/mol. The van der Waals surface area contributed by atoms with Crippen LogP contribution in [0.15, 0.2) is 0 Å². The van der Waals surface area contributed by atoms with Crippen molar-refractivity contribution in [2.24, 2.45) is 0 Å². The van der Waals surface area contributed by atoms with Crippen LogP contribution in [0.2, 0.25) is 0 Å². The minimum absolute atomic E-state index is 0.0191. The van der Waals surface area contributed by atoms with Gasteiger partial charge in [0.15, 0.2) is 0 Å². The number of aliphatic carboxylic acids is 1. The summed E-state index contributed by atoms with van der Waals surface area (Å²) in [4.78, 5) is 12.6. The van der Waals surface area contributed by atoms with E-state index in [0.717, 1.165) is 19.3 Å². The number of hydrogen-bond acceptors (Lipinski definition) is 3. The van der Waals surface area contributed by atoms with Gasteiger partial charge in [-0.15, -0.1) is 6.42 Å². The number of nitrogens with zero attached hydrogens (tertiary/aromatic N) is 1. The fourth-order valence-corrected chi connectivity index (χ4v) is 2.08. The zero-order valence-corrected chi connectivity index (χ0v) is 9.69. The van der Waals surface area contributed by atoms with Crippen LogP contribution in [0.25, 0.3) is 0 Å². The molecule has 0 aromatic heterocycles. The minimum Gasteiger partial charge on any atom is -0.480 e. The van der Waals surface area contributed by atoms with E-state index in [1.165, 1.54) is 0 Å². The van der Waals surface area contributed by atoms with E-state index in [9.17, 15) is 4.79 Å². The summed E-state index contributed by atoms with van der Waals surface area (Å²) in [6.07, 6.45) is 8.22. The summed E-state index contributed by atoms with van der Waals surface area (Å²) >= 11 is 0. The highest BCUT2D eigenvalue weighted by molar-refractivity contribution is 5.69. The molecule has 4 nitrogen and oxygen atoms in total. The molecule has 0 aromatic rings. The van der Waals surface area contributed by atoms with Crippen molar-refractivity contribution < 1.29 is 14.6 Å². The SMILES string of the molecule is C#CCN(CC(=O)O)C1CCOC(CC)C1. The molecule has 1 N–H and O–H groups in total. The lowest BCUT2D eigenvalue weighted by Crippen LogP contribution is -2.44. The minimum atomic E-state index is -0.824. The Morgan fingerprint density at radius 1 is 1.69 bits per heavy atom. The number of carbonyl (C=O) groups is 1. The van der Waals surface area contributed by atoms with Crippen molar-refractivity contribution >= 4 is 5.97 Å². The first-order chi connectivity index (χ1) is 7.67. The molecule has 0 aromatic carbocycles. The van der Waals surface area contributed by atoms with Crippen LogP contribution in [-0.2, 0) is 9.53 Å². The Hall–Kier alpha value is -1.05. The lowest BCUT2D eigenvalue weighted by molar-refractivity contribution is -0.139. The zero-order chi connectivity index (χ0) is 12.0. The fraction of sp³-hybridized carbons (Fsp3) is 0.750. The maximum atomic E-state index is 10.7. The molecule has 1 aliphatic heterocycles. The van der Waals surface area contributed by atoms with Crippen molar-refractivity contribution in [3.63, 3.8) is 0 Å². The van der Waals surface area contributed by atoms with Crippen LogP contribution in [-0.4, -0.2) is 47.8 Å². The van der Waals surface area contributed by atoms with E-state index in [-0.39, 0.29) is 18.7 Å². The predicted molar refractivity (Wildman–Crippen MR) is 61.1 cm³/mol. The van der Waals surface area contributed by atoms with Gasteiger partial charge in [0.05, 0.1) is 19.2 Å². The van der Waals surface area contributed by atoms with Gasteiger partial charge in [0, 0.05) is 12.6 Å². The van der Waals surface area contributed by atoms with Crippen LogP contribution in [0.4, 0.5) is 0 Å². The molecule has 0 radical (unpaired) electrons. The molecule has 0 aliphatic carbocycles. The van der Waals surface area contributed by atoms with Gasteiger partial charge in [-0.3, -0.25) is 9.69 Å². The number of hydrogen-bond donors (Lipinski definition) is 1. The van der Waals surface area contributed by atoms with Gasteiger partial charge in [-0.05, 0) is 19.3 Å². The molecule has 1 heterocycles. The maximum absolute atomic E-state index is 10.7. The second kappa shape index (κ2) is 6.51. The van der Waals surface area contributed by atoms with Crippen molar-refractivity contribution in [1.82, 2.24) is 4.90 Å². The first-order valence-corrected chi connectivity index (χ1v) is 5.68. The molecule has 0 bridgehead atoms. The van der Waals surface area contributed by atoms with E-state index < -0.39 is 5.97 Å². The zero-order valence-electron chi connectivity index (χ0n) is 9.69. The highest BCUT2D eigenvalue weighted by Gasteiger charge is 2.27. The van der Waals surface area contributed by atoms with Crippen molar-refractivity contribution in [3.05, 3.63) is 0 Å². The summed E-state index contributed by atoms with van der Waals surface area (Å²) in [5, 5.41) is 8.82.